The average Bonchev–Trinajstić information content (AvgIpc) is 2.43. The Balaban J connectivity index is 2.56. The van der Waals surface area contributed by atoms with Gasteiger partial charge in [-0.15, -0.1) is 0 Å². The van der Waals surface area contributed by atoms with Crippen molar-refractivity contribution in [3.8, 4) is 11.8 Å². The summed E-state index contributed by atoms with van der Waals surface area (Å²) in [6.07, 6.45) is 5.83. The van der Waals surface area contributed by atoms with E-state index in [1.165, 1.54) is 12.8 Å². The Hall–Kier alpha value is -0.860. The van der Waals surface area contributed by atoms with Crippen molar-refractivity contribution in [3.63, 3.8) is 0 Å². The predicted octanol–water partition coefficient (Wildman–Crippen LogP) is 5.35. The van der Waals surface area contributed by atoms with E-state index in [0.717, 1.165) is 19.3 Å². The smallest absolute Gasteiger partial charge is 0.311 e. The van der Waals surface area contributed by atoms with Crippen LogP contribution in [0.1, 0.15) is 51.0 Å². The molecule has 0 aromatic heterocycles. The van der Waals surface area contributed by atoms with Gasteiger partial charge in [0, 0.05) is 6.42 Å². The van der Waals surface area contributed by atoms with Crippen molar-refractivity contribution in [2.45, 2.75) is 45.4 Å². The maximum absolute atomic E-state index is 11.8. The molecule has 0 saturated heterocycles. The van der Waals surface area contributed by atoms with Crippen molar-refractivity contribution in [3.05, 3.63) is 26.6 Å². The summed E-state index contributed by atoms with van der Waals surface area (Å²) in [6.45, 7) is 2.16. The minimum atomic E-state index is -0.266. The molecule has 0 saturated carbocycles. The molecule has 0 fully saturated rings. The number of esters is 1. The predicted molar refractivity (Wildman–Crippen MR) is 85.6 cm³/mol. The highest BCUT2D eigenvalue weighted by Gasteiger charge is 2.14. The van der Waals surface area contributed by atoms with Crippen molar-refractivity contribution >= 4 is 37.8 Å². The number of unbranched alkanes of at least 4 members (excludes halogenated alkanes) is 4. The highest BCUT2D eigenvalue weighted by Crippen LogP contribution is 2.36. The minimum Gasteiger partial charge on any atom is -0.424 e. The molecule has 0 radical (unpaired) electrons. The molecular formula is C15H17Br2NO2. The van der Waals surface area contributed by atoms with Gasteiger partial charge in [0.1, 0.15) is 6.07 Å². The van der Waals surface area contributed by atoms with Crippen LogP contribution in [0.4, 0.5) is 0 Å². The van der Waals surface area contributed by atoms with Crippen LogP contribution in [-0.2, 0) is 4.79 Å². The van der Waals surface area contributed by atoms with E-state index in [4.69, 9.17) is 10.00 Å². The van der Waals surface area contributed by atoms with Gasteiger partial charge in [-0.3, -0.25) is 4.79 Å². The first-order valence-corrected chi connectivity index (χ1v) is 8.27. The van der Waals surface area contributed by atoms with E-state index in [2.05, 4.69) is 38.8 Å². The monoisotopic (exact) mass is 401 g/mol. The van der Waals surface area contributed by atoms with Crippen LogP contribution in [0, 0.1) is 11.3 Å². The Morgan fingerprint density at radius 3 is 2.60 bits per heavy atom. The third-order valence-corrected chi connectivity index (χ3v) is 4.28. The Morgan fingerprint density at radius 1 is 1.25 bits per heavy atom. The van der Waals surface area contributed by atoms with E-state index in [1.807, 2.05) is 6.07 Å². The van der Waals surface area contributed by atoms with Gasteiger partial charge >= 0.3 is 5.97 Å². The van der Waals surface area contributed by atoms with Crippen LogP contribution in [0.15, 0.2) is 21.1 Å². The number of carbonyl (C=O) groups excluding carboxylic acids is 1. The molecule has 0 spiro atoms. The van der Waals surface area contributed by atoms with Crippen LogP contribution >= 0.6 is 31.9 Å². The van der Waals surface area contributed by atoms with Crippen LogP contribution < -0.4 is 4.74 Å². The molecule has 0 aliphatic carbocycles. The van der Waals surface area contributed by atoms with Crippen LogP contribution in [0.5, 0.6) is 5.75 Å². The zero-order chi connectivity index (χ0) is 15.0. The number of ether oxygens (including phenoxy) is 1. The van der Waals surface area contributed by atoms with Gasteiger partial charge in [-0.25, -0.2) is 0 Å². The molecule has 0 amide bonds. The summed E-state index contributed by atoms with van der Waals surface area (Å²) in [6, 6.07) is 5.41. The van der Waals surface area contributed by atoms with Crippen molar-refractivity contribution in [1.29, 1.82) is 5.26 Å². The molecule has 108 valence electrons. The molecular weight excluding hydrogens is 386 g/mol. The van der Waals surface area contributed by atoms with Crippen LogP contribution in [0.25, 0.3) is 0 Å². The summed E-state index contributed by atoms with van der Waals surface area (Å²) in [4.78, 5) is 11.8. The first kappa shape index (κ1) is 17.2. The number of benzene rings is 1. The first-order chi connectivity index (χ1) is 9.60. The molecule has 0 aliphatic heterocycles. The zero-order valence-corrected chi connectivity index (χ0v) is 14.6. The lowest BCUT2D eigenvalue weighted by Crippen LogP contribution is -2.08. The van der Waals surface area contributed by atoms with Crippen LogP contribution in [0.2, 0.25) is 0 Å². The summed E-state index contributed by atoms with van der Waals surface area (Å²) < 4.78 is 6.50. The van der Waals surface area contributed by atoms with E-state index in [9.17, 15) is 4.79 Å². The van der Waals surface area contributed by atoms with Gasteiger partial charge in [-0.1, -0.05) is 32.6 Å². The van der Waals surface area contributed by atoms with Crippen molar-refractivity contribution in [2.24, 2.45) is 0 Å². The SMILES string of the molecule is CCCCCCCC(=O)Oc1c(Br)ccc(C#N)c1Br. The second-order valence-electron chi connectivity index (χ2n) is 4.49. The average molecular weight is 403 g/mol. The molecule has 0 N–H and O–H groups in total. The fourth-order valence-corrected chi connectivity index (χ4v) is 2.94. The Kier molecular flexibility index (Phi) is 7.86. The standard InChI is InChI=1S/C15H17Br2NO2/c1-2-3-4-5-6-7-13(19)20-15-12(16)9-8-11(10-18)14(15)17/h8-9H,2-7H2,1H3. The lowest BCUT2D eigenvalue weighted by molar-refractivity contribution is -0.134. The Morgan fingerprint density at radius 2 is 1.95 bits per heavy atom. The number of nitriles is 1. The number of rotatable bonds is 7. The second-order valence-corrected chi connectivity index (χ2v) is 6.14. The summed E-state index contributed by atoms with van der Waals surface area (Å²) >= 11 is 6.62. The number of carbonyl (C=O) groups is 1. The van der Waals surface area contributed by atoms with Gasteiger partial charge in [0.15, 0.2) is 5.75 Å². The Labute approximate surface area is 136 Å². The summed E-state index contributed by atoms with van der Waals surface area (Å²) in [7, 11) is 0. The van der Waals surface area contributed by atoms with Crippen LogP contribution in [-0.4, -0.2) is 5.97 Å². The summed E-state index contributed by atoms with van der Waals surface area (Å²) in [5.74, 6) is 0.112. The third-order valence-electron chi connectivity index (χ3n) is 2.87. The van der Waals surface area contributed by atoms with Gasteiger partial charge in [-0.05, 0) is 50.4 Å². The maximum atomic E-state index is 11.8. The third kappa shape index (κ3) is 5.26. The van der Waals surface area contributed by atoms with Gasteiger partial charge in [-0.2, -0.15) is 5.26 Å². The zero-order valence-electron chi connectivity index (χ0n) is 11.4. The number of hydrogen-bond donors (Lipinski definition) is 0. The first-order valence-electron chi connectivity index (χ1n) is 6.69. The minimum absolute atomic E-state index is 0.266. The largest absolute Gasteiger partial charge is 0.424 e. The van der Waals surface area contributed by atoms with E-state index in [-0.39, 0.29) is 5.97 Å². The molecule has 1 aromatic rings. The number of hydrogen-bond acceptors (Lipinski definition) is 3. The van der Waals surface area contributed by atoms with E-state index in [1.54, 1.807) is 12.1 Å². The molecule has 0 heterocycles. The fraction of sp³-hybridized carbons (Fsp3) is 0.467. The topological polar surface area (TPSA) is 50.1 Å². The van der Waals surface area contributed by atoms with Gasteiger partial charge < -0.3 is 4.74 Å². The van der Waals surface area contributed by atoms with Gasteiger partial charge in [0.2, 0.25) is 0 Å². The quantitative estimate of drug-likeness (QED) is 0.351. The van der Waals surface area contributed by atoms with E-state index in [0.29, 0.717) is 26.7 Å². The molecule has 0 atom stereocenters. The number of nitrogens with zero attached hydrogens (tertiary/aromatic N) is 1. The molecule has 1 rings (SSSR count). The van der Waals surface area contributed by atoms with Crippen molar-refractivity contribution < 1.29 is 9.53 Å². The second kappa shape index (κ2) is 9.15. The maximum Gasteiger partial charge on any atom is 0.311 e. The van der Waals surface area contributed by atoms with E-state index < -0.39 is 0 Å². The molecule has 0 aliphatic rings. The molecule has 20 heavy (non-hydrogen) atoms. The Bertz CT molecular complexity index is 509. The lowest BCUT2D eigenvalue weighted by atomic mass is 10.1. The molecule has 0 unspecified atom stereocenters. The highest BCUT2D eigenvalue weighted by atomic mass is 79.9. The number of halogens is 2. The van der Waals surface area contributed by atoms with Crippen molar-refractivity contribution in [2.75, 3.05) is 0 Å². The normalized spacial score (nSPS) is 10.1. The van der Waals surface area contributed by atoms with Gasteiger partial charge in [0.25, 0.3) is 0 Å². The van der Waals surface area contributed by atoms with Crippen molar-refractivity contribution in [1.82, 2.24) is 0 Å². The molecule has 3 nitrogen and oxygen atoms in total. The molecule has 1 aromatic carbocycles. The van der Waals surface area contributed by atoms with E-state index >= 15 is 0 Å². The molecule has 5 heteroatoms. The fourth-order valence-electron chi connectivity index (χ4n) is 1.75. The van der Waals surface area contributed by atoms with Gasteiger partial charge in [0.05, 0.1) is 14.5 Å². The summed E-state index contributed by atoms with van der Waals surface area (Å²) in [5.41, 5.74) is 0.443. The lowest BCUT2D eigenvalue weighted by Gasteiger charge is -2.09. The summed E-state index contributed by atoms with van der Waals surface area (Å²) in [5, 5.41) is 8.96. The highest BCUT2D eigenvalue weighted by molar-refractivity contribution is 9.11. The molecule has 0 bridgehead atoms. The van der Waals surface area contributed by atoms with Crippen LogP contribution in [0.3, 0.4) is 0 Å².